The molecule has 2 heterocycles. The monoisotopic (exact) mass is 298 g/mol. The van der Waals surface area contributed by atoms with E-state index in [0.29, 0.717) is 0 Å². The van der Waals surface area contributed by atoms with Crippen LogP contribution in [0.3, 0.4) is 0 Å². The Hall–Kier alpha value is -0.680. The van der Waals surface area contributed by atoms with Crippen LogP contribution >= 0.6 is 15.9 Å². The molecule has 0 unspecified atom stereocenters. The van der Waals surface area contributed by atoms with Crippen LogP contribution in [0.15, 0.2) is 17.0 Å². The fraction of sp³-hybridized carbons (Fsp3) is 0.667. The van der Waals surface area contributed by atoms with Crippen molar-refractivity contribution in [1.29, 1.82) is 0 Å². The van der Waals surface area contributed by atoms with Gasteiger partial charge in [-0.15, -0.1) is 0 Å². The highest BCUT2D eigenvalue weighted by Gasteiger charge is 2.19. The van der Waals surface area contributed by atoms with Gasteiger partial charge in [0.1, 0.15) is 12.1 Å². The van der Waals surface area contributed by atoms with Crippen molar-refractivity contribution in [3.05, 3.63) is 17.0 Å². The summed E-state index contributed by atoms with van der Waals surface area (Å²) in [4.78, 5) is 13.2. The van der Waals surface area contributed by atoms with Crippen molar-refractivity contribution in [1.82, 2.24) is 14.9 Å². The van der Waals surface area contributed by atoms with Crippen LogP contribution in [0.5, 0.6) is 0 Å². The van der Waals surface area contributed by atoms with Gasteiger partial charge in [-0.2, -0.15) is 0 Å². The molecule has 1 fully saturated rings. The third kappa shape index (κ3) is 3.39. The number of nitrogens with zero attached hydrogens (tertiary/aromatic N) is 4. The summed E-state index contributed by atoms with van der Waals surface area (Å²) < 4.78 is 0.984. The van der Waals surface area contributed by atoms with Gasteiger partial charge >= 0.3 is 0 Å². The van der Waals surface area contributed by atoms with Crippen molar-refractivity contribution < 1.29 is 0 Å². The predicted molar refractivity (Wildman–Crippen MR) is 73.2 cm³/mol. The van der Waals surface area contributed by atoms with Gasteiger partial charge < -0.3 is 4.90 Å². The largest absolute Gasteiger partial charge is 0.353 e. The van der Waals surface area contributed by atoms with Gasteiger partial charge in [0, 0.05) is 38.9 Å². The normalized spacial score (nSPS) is 17.8. The van der Waals surface area contributed by atoms with E-state index in [-0.39, 0.29) is 0 Å². The number of aromatic nitrogens is 2. The number of halogens is 1. The molecule has 17 heavy (non-hydrogen) atoms. The molecule has 1 saturated heterocycles. The van der Waals surface area contributed by atoms with Crippen molar-refractivity contribution in [2.75, 3.05) is 37.6 Å². The Bertz CT molecular complexity index is 361. The average Bonchev–Trinajstić information content (AvgIpc) is 2.30. The second kappa shape index (κ2) is 5.78. The van der Waals surface area contributed by atoms with E-state index in [2.05, 4.69) is 49.5 Å². The summed E-state index contributed by atoms with van der Waals surface area (Å²) in [6, 6.07) is 0. The fourth-order valence-corrected chi connectivity index (χ4v) is 2.67. The Kier molecular flexibility index (Phi) is 4.34. The second-order valence-corrected chi connectivity index (χ2v) is 5.73. The Labute approximate surface area is 111 Å². The zero-order valence-corrected chi connectivity index (χ0v) is 12.0. The molecule has 0 spiro atoms. The molecule has 0 radical (unpaired) electrons. The van der Waals surface area contributed by atoms with Gasteiger partial charge in [0.25, 0.3) is 0 Å². The number of anilines is 1. The number of hydrogen-bond acceptors (Lipinski definition) is 4. The summed E-state index contributed by atoms with van der Waals surface area (Å²) in [5, 5.41) is 0. The van der Waals surface area contributed by atoms with E-state index in [1.807, 2.05) is 6.20 Å². The van der Waals surface area contributed by atoms with E-state index < -0.39 is 0 Å². The first-order chi connectivity index (χ1) is 8.16. The van der Waals surface area contributed by atoms with E-state index in [0.717, 1.165) is 42.4 Å². The molecule has 4 nitrogen and oxygen atoms in total. The Morgan fingerprint density at radius 3 is 2.59 bits per heavy atom. The molecule has 5 heteroatoms. The van der Waals surface area contributed by atoms with Crippen LogP contribution in [0.1, 0.15) is 13.8 Å². The summed E-state index contributed by atoms with van der Waals surface area (Å²) >= 11 is 3.51. The number of hydrogen-bond donors (Lipinski definition) is 0. The smallest absolute Gasteiger partial charge is 0.146 e. The number of piperazine rings is 1. The Morgan fingerprint density at radius 1 is 1.29 bits per heavy atom. The third-order valence-corrected chi connectivity index (χ3v) is 3.50. The van der Waals surface area contributed by atoms with Crippen molar-refractivity contribution in [3.63, 3.8) is 0 Å². The summed E-state index contributed by atoms with van der Waals surface area (Å²) in [7, 11) is 0. The van der Waals surface area contributed by atoms with Crippen LogP contribution < -0.4 is 4.90 Å². The molecular weight excluding hydrogens is 280 g/mol. The Morgan fingerprint density at radius 2 is 2.00 bits per heavy atom. The molecule has 1 aromatic heterocycles. The lowest BCUT2D eigenvalue weighted by molar-refractivity contribution is 0.231. The van der Waals surface area contributed by atoms with Crippen LogP contribution in [-0.2, 0) is 0 Å². The molecule has 2 rings (SSSR count). The van der Waals surface area contributed by atoms with Gasteiger partial charge in [0.15, 0.2) is 0 Å². The Balaban J connectivity index is 1.93. The zero-order valence-electron chi connectivity index (χ0n) is 10.4. The third-order valence-electron chi connectivity index (χ3n) is 2.94. The summed E-state index contributed by atoms with van der Waals surface area (Å²) in [6.07, 6.45) is 3.42. The molecule has 0 saturated carbocycles. The van der Waals surface area contributed by atoms with Crippen molar-refractivity contribution in [2.45, 2.75) is 13.8 Å². The van der Waals surface area contributed by atoms with E-state index in [9.17, 15) is 0 Å². The van der Waals surface area contributed by atoms with Gasteiger partial charge in [-0.1, -0.05) is 13.8 Å². The maximum Gasteiger partial charge on any atom is 0.146 e. The molecule has 0 amide bonds. The van der Waals surface area contributed by atoms with Gasteiger partial charge in [0.2, 0.25) is 0 Å². The maximum absolute atomic E-state index is 4.34. The average molecular weight is 299 g/mol. The predicted octanol–water partition coefficient (Wildman–Crippen LogP) is 2.02. The lowest BCUT2D eigenvalue weighted by Crippen LogP contribution is -2.47. The first kappa shape index (κ1) is 12.8. The molecule has 0 atom stereocenters. The van der Waals surface area contributed by atoms with E-state index in [1.54, 1.807) is 6.33 Å². The van der Waals surface area contributed by atoms with Crippen molar-refractivity contribution >= 4 is 21.7 Å². The maximum atomic E-state index is 4.34. The molecule has 0 bridgehead atoms. The topological polar surface area (TPSA) is 32.3 Å². The minimum atomic E-state index is 0.743. The van der Waals surface area contributed by atoms with Crippen LogP contribution in [0.4, 0.5) is 5.82 Å². The van der Waals surface area contributed by atoms with E-state index >= 15 is 0 Å². The first-order valence-electron chi connectivity index (χ1n) is 6.09. The van der Waals surface area contributed by atoms with Crippen LogP contribution in [0.2, 0.25) is 0 Å². The summed E-state index contributed by atoms with van der Waals surface area (Å²) in [6.45, 7) is 10.1. The second-order valence-electron chi connectivity index (χ2n) is 4.88. The molecule has 1 aliphatic rings. The van der Waals surface area contributed by atoms with Gasteiger partial charge in [-0.3, -0.25) is 4.90 Å². The molecule has 94 valence electrons. The molecule has 0 aliphatic carbocycles. The van der Waals surface area contributed by atoms with Crippen molar-refractivity contribution in [3.8, 4) is 0 Å². The minimum absolute atomic E-state index is 0.743. The highest BCUT2D eigenvalue weighted by molar-refractivity contribution is 9.10. The SMILES string of the molecule is CC(C)CN1CCN(c2ncncc2Br)CC1. The fourth-order valence-electron chi connectivity index (χ4n) is 2.20. The molecule has 1 aliphatic heterocycles. The quantitative estimate of drug-likeness (QED) is 0.855. The highest BCUT2D eigenvalue weighted by Crippen LogP contribution is 2.23. The molecule has 0 N–H and O–H groups in total. The van der Waals surface area contributed by atoms with Crippen molar-refractivity contribution in [2.24, 2.45) is 5.92 Å². The lowest BCUT2D eigenvalue weighted by Gasteiger charge is -2.36. The number of rotatable bonds is 3. The van der Waals surface area contributed by atoms with E-state index in [4.69, 9.17) is 0 Å². The zero-order chi connectivity index (χ0) is 12.3. The van der Waals surface area contributed by atoms with Gasteiger partial charge in [-0.25, -0.2) is 9.97 Å². The molecule has 1 aromatic rings. The van der Waals surface area contributed by atoms with Crippen LogP contribution in [-0.4, -0.2) is 47.6 Å². The lowest BCUT2D eigenvalue weighted by atomic mass is 10.2. The van der Waals surface area contributed by atoms with Gasteiger partial charge in [-0.05, 0) is 21.8 Å². The van der Waals surface area contributed by atoms with E-state index in [1.165, 1.54) is 6.54 Å². The van der Waals surface area contributed by atoms with Gasteiger partial charge in [0.05, 0.1) is 4.47 Å². The summed E-state index contributed by atoms with van der Waals surface area (Å²) in [5.41, 5.74) is 0. The minimum Gasteiger partial charge on any atom is -0.353 e. The molecular formula is C12H19BrN4. The molecule has 0 aromatic carbocycles. The van der Waals surface area contributed by atoms with Crippen LogP contribution in [0, 0.1) is 5.92 Å². The first-order valence-corrected chi connectivity index (χ1v) is 6.89. The highest BCUT2D eigenvalue weighted by atomic mass is 79.9. The van der Waals surface area contributed by atoms with Crippen LogP contribution in [0.25, 0.3) is 0 Å². The summed E-state index contributed by atoms with van der Waals surface area (Å²) in [5.74, 6) is 1.76. The standard InChI is InChI=1S/C12H19BrN4/c1-10(2)8-16-3-5-17(6-4-16)12-11(13)7-14-9-15-12/h7,9-10H,3-6,8H2,1-2H3.